The Bertz CT molecular complexity index is 701. The van der Waals surface area contributed by atoms with E-state index in [1.807, 2.05) is 13.0 Å². The van der Waals surface area contributed by atoms with Crippen molar-refractivity contribution in [2.24, 2.45) is 11.8 Å². The van der Waals surface area contributed by atoms with Crippen LogP contribution in [0.15, 0.2) is 16.6 Å². The third-order valence-electron chi connectivity index (χ3n) is 4.86. The van der Waals surface area contributed by atoms with Gasteiger partial charge in [-0.15, -0.1) is 12.4 Å². The number of rotatable bonds is 3. The number of halogens is 2. The fraction of sp³-hybridized carbons (Fsp3) is 0.471. The summed E-state index contributed by atoms with van der Waals surface area (Å²) in [6.07, 6.45) is 3.42. The number of amides is 3. The van der Waals surface area contributed by atoms with Crippen LogP contribution >= 0.6 is 28.3 Å². The summed E-state index contributed by atoms with van der Waals surface area (Å²) in [7, 11) is 0. The Balaban J connectivity index is 0.00000225. The molecule has 1 aliphatic carbocycles. The zero-order valence-corrected chi connectivity index (χ0v) is 16.3. The van der Waals surface area contributed by atoms with Gasteiger partial charge >= 0.3 is 0 Å². The average molecular weight is 431 g/mol. The maximum absolute atomic E-state index is 12.4. The van der Waals surface area contributed by atoms with Gasteiger partial charge in [0.15, 0.2) is 0 Å². The highest BCUT2D eigenvalue weighted by Crippen LogP contribution is 2.38. The molecule has 136 valence electrons. The molecule has 6 nitrogen and oxygen atoms in total. The van der Waals surface area contributed by atoms with Gasteiger partial charge in [-0.3, -0.25) is 19.3 Å². The second-order valence-electron chi connectivity index (χ2n) is 6.49. The lowest BCUT2D eigenvalue weighted by Crippen LogP contribution is -2.38. The molecule has 1 aromatic carbocycles. The number of nitrogen functional groups attached to an aromatic ring is 1. The van der Waals surface area contributed by atoms with Crippen molar-refractivity contribution in [1.29, 1.82) is 0 Å². The van der Waals surface area contributed by atoms with Gasteiger partial charge in [0, 0.05) is 4.47 Å². The molecule has 1 heterocycles. The van der Waals surface area contributed by atoms with Crippen molar-refractivity contribution in [1.82, 2.24) is 4.90 Å². The number of nitrogens with zero attached hydrogens (tertiary/aromatic N) is 1. The van der Waals surface area contributed by atoms with Crippen molar-refractivity contribution in [2.45, 2.75) is 32.6 Å². The number of carbonyl (C=O) groups excluding carboxylic acids is 3. The lowest BCUT2D eigenvalue weighted by atomic mass is 9.81. The number of benzene rings is 1. The topological polar surface area (TPSA) is 92.5 Å². The van der Waals surface area contributed by atoms with Gasteiger partial charge in [-0.25, -0.2) is 0 Å². The fourth-order valence-electron chi connectivity index (χ4n) is 3.58. The third-order valence-corrected chi connectivity index (χ3v) is 5.32. The van der Waals surface area contributed by atoms with Crippen LogP contribution in [-0.4, -0.2) is 29.2 Å². The number of nitrogens with one attached hydrogen (secondary N) is 1. The summed E-state index contributed by atoms with van der Waals surface area (Å²) >= 11 is 3.36. The first kappa shape index (κ1) is 19.7. The van der Waals surface area contributed by atoms with E-state index in [0.717, 1.165) is 40.6 Å². The summed E-state index contributed by atoms with van der Waals surface area (Å²) in [6.45, 7) is 1.59. The first-order chi connectivity index (χ1) is 11.4. The van der Waals surface area contributed by atoms with E-state index in [0.29, 0.717) is 11.4 Å². The van der Waals surface area contributed by atoms with E-state index in [1.54, 1.807) is 6.07 Å². The van der Waals surface area contributed by atoms with E-state index in [4.69, 9.17) is 5.73 Å². The van der Waals surface area contributed by atoms with Crippen LogP contribution in [0.2, 0.25) is 0 Å². The zero-order chi connectivity index (χ0) is 17.4. The zero-order valence-electron chi connectivity index (χ0n) is 13.9. The van der Waals surface area contributed by atoms with Crippen LogP contribution in [0.1, 0.15) is 31.2 Å². The quantitative estimate of drug-likeness (QED) is 0.570. The molecule has 8 heteroatoms. The highest BCUT2D eigenvalue weighted by Gasteiger charge is 2.48. The summed E-state index contributed by atoms with van der Waals surface area (Å²) in [4.78, 5) is 38.2. The molecule has 0 spiro atoms. The highest BCUT2D eigenvalue weighted by molar-refractivity contribution is 9.10. The van der Waals surface area contributed by atoms with E-state index >= 15 is 0 Å². The Morgan fingerprint density at radius 2 is 1.80 bits per heavy atom. The average Bonchev–Trinajstić information content (AvgIpc) is 2.78. The predicted octanol–water partition coefficient (Wildman–Crippen LogP) is 2.88. The Kier molecular flexibility index (Phi) is 6.11. The third kappa shape index (κ3) is 3.82. The van der Waals surface area contributed by atoms with Gasteiger partial charge in [0.2, 0.25) is 17.7 Å². The Morgan fingerprint density at radius 3 is 2.36 bits per heavy atom. The van der Waals surface area contributed by atoms with Gasteiger partial charge in [-0.1, -0.05) is 28.8 Å². The number of hydrogen-bond donors (Lipinski definition) is 2. The molecule has 2 fully saturated rings. The van der Waals surface area contributed by atoms with Crippen LogP contribution in [-0.2, 0) is 14.4 Å². The Morgan fingerprint density at radius 1 is 1.24 bits per heavy atom. The highest BCUT2D eigenvalue weighted by atomic mass is 79.9. The molecule has 0 radical (unpaired) electrons. The Labute approximate surface area is 161 Å². The first-order valence-electron chi connectivity index (χ1n) is 8.09. The van der Waals surface area contributed by atoms with E-state index in [2.05, 4.69) is 21.2 Å². The monoisotopic (exact) mass is 429 g/mol. The summed E-state index contributed by atoms with van der Waals surface area (Å²) in [5.41, 5.74) is 7.75. The number of nitrogens with two attached hydrogens (primary N) is 1. The molecule has 0 bridgehead atoms. The number of fused-ring (bicyclic) bond motifs is 1. The number of hydrogen-bond acceptors (Lipinski definition) is 4. The molecule has 1 saturated heterocycles. The minimum atomic E-state index is -0.417. The van der Waals surface area contributed by atoms with Gasteiger partial charge < -0.3 is 11.1 Å². The number of likely N-dealkylation sites (tertiary alicyclic amines) is 1. The largest absolute Gasteiger partial charge is 0.397 e. The summed E-state index contributed by atoms with van der Waals surface area (Å²) in [6, 6.07) is 3.55. The molecule has 3 amide bonds. The number of anilines is 2. The van der Waals surface area contributed by atoms with E-state index in [-0.39, 0.29) is 42.6 Å². The second-order valence-corrected chi connectivity index (χ2v) is 7.41. The molecule has 1 aromatic rings. The summed E-state index contributed by atoms with van der Waals surface area (Å²) in [5.74, 6) is -1.31. The number of imide groups is 1. The summed E-state index contributed by atoms with van der Waals surface area (Å²) in [5, 5.41) is 2.70. The molecule has 2 unspecified atom stereocenters. The van der Waals surface area contributed by atoms with Gasteiger partial charge in [0.25, 0.3) is 0 Å². The van der Waals surface area contributed by atoms with Crippen LogP contribution in [0, 0.1) is 18.8 Å². The maximum atomic E-state index is 12.4. The van der Waals surface area contributed by atoms with Crippen LogP contribution < -0.4 is 11.1 Å². The van der Waals surface area contributed by atoms with E-state index in [1.165, 1.54) is 0 Å². The smallest absolute Gasteiger partial charge is 0.244 e. The number of aryl methyl sites for hydroxylation is 1. The molecular weight excluding hydrogens is 410 g/mol. The maximum Gasteiger partial charge on any atom is 0.244 e. The molecule has 25 heavy (non-hydrogen) atoms. The van der Waals surface area contributed by atoms with Crippen LogP contribution in [0.25, 0.3) is 0 Å². The van der Waals surface area contributed by atoms with Crippen LogP contribution in [0.5, 0.6) is 0 Å². The van der Waals surface area contributed by atoms with Gasteiger partial charge in [0.05, 0.1) is 23.2 Å². The number of carbonyl (C=O) groups is 3. The minimum absolute atomic E-state index is 0. The fourth-order valence-corrected chi connectivity index (χ4v) is 4.15. The molecule has 0 aromatic heterocycles. The lowest BCUT2D eigenvalue weighted by Gasteiger charge is -2.19. The molecule has 1 saturated carbocycles. The molecule has 3 N–H and O–H groups in total. The lowest BCUT2D eigenvalue weighted by molar-refractivity contribution is -0.142. The molecule has 2 aliphatic rings. The standard InChI is InChI=1S/C17H20BrN3O3.ClH/c1-9-6-10(18)7-13(15(9)19)20-14(22)8-21-16(23)11-4-2-3-5-12(11)17(21)24;/h6-7,11-12H,2-5,8,19H2,1H3,(H,20,22);1H. The van der Waals surface area contributed by atoms with Gasteiger partial charge in [0.1, 0.15) is 6.54 Å². The van der Waals surface area contributed by atoms with Gasteiger partial charge in [-0.2, -0.15) is 0 Å². The second kappa shape index (κ2) is 7.74. The van der Waals surface area contributed by atoms with E-state index in [9.17, 15) is 14.4 Å². The normalized spacial score (nSPS) is 22.4. The van der Waals surface area contributed by atoms with Crippen LogP contribution in [0.4, 0.5) is 11.4 Å². The van der Waals surface area contributed by atoms with Crippen molar-refractivity contribution >= 4 is 57.4 Å². The first-order valence-corrected chi connectivity index (χ1v) is 8.88. The van der Waals surface area contributed by atoms with Crippen molar-refractivity contribution in [2.75, 3.05) is 17.6 Å². The minimum Gasteiger partial charge on any atom is -0.397 e. The van der Waals surface area contributed by atoms with Crippen molar-refractivity contribution in [3.8, 4) is 0 Å². The summed E-state index contributed by atoms with van der Waals surface area (Å²) < 4.78 is 0.795. The predicted molar refractivity (Wildman–Crippen MR) is 101 cm³/mol. The van der Waals surface area contributed by atoms with Crippen LogP contribution in [0.3, 0.4) is 0 Å². The van der Waals surface area contributed by atoms with E-state index < -0.39 is 5.91 Å². The SMILES string of the molecule is Cc1cc(Br)cc(NC(=O)CN2C(=O)C3CCCCC3C2=O)c1N.Cl. The molecule has 2 atom stereocenters. The molecule has 1 aliphatic heterocycles. The molecule has 3 rings (SSSR count). The van der Waals surface area contributed by atoms with Crippen molar-refractivity contribution < 1.29 is 14.4 Å². The molecular formula is C17H21BrClN3O3. The Hall–Kier alpha value is -1.60. The van der Waals surface area contributed by atoms with Crippen molar-refractivity contribution in [3.63, 3.8) is 0 Å². The van der Waals surface area contributed by atoms with Crippen molar-refractivity contribution in [3.05, 3.63) is 22.2 Å². The van der Waals surface area contributed by atoms with Gasteiger partial charge in [-0.05, 0) is 37.5 Å².